The first-order valence-electron chi connectivity index (χ1n) is 7.34. The molecule has 3 nitrogen and oxygen atoms in total. The van der Waals surface area contributed by atoms with Gasteiger partial charge in [-0.1, -0.05) is 13.8 Å². The summed E-state index contributed by atoms with van der Waals surface area (Å²) in [5.41, 5.74) is 0.428. The zero-order chi connectivity index (χ0) is 12.8. The van der Waals surface area contributed by atoms with E-state index in [1.165, 1.54) is 0 Å². The van der Waals surface area contributed by atoms with Crippen LogP contribution in [0.5, 0.6) is 0 Å². The molecule has 1 saturated carbocycles. The van der Waals surface area contributed by atoms with Crippen LogP contribution in [-0.2, 0) is 14.2 Å². The second-order valence-corrected chi connectivity index (χ2v) is 7.87. The fourth-order valence-electron chi connectivity index (χ4n) is 4.00. The molecule has 3 saturated heterocycles. The zero-order valence-corrected chi connectivity index (χ0v) is 11.9. The molecule has 6 atom stereocenters. The van der Waals surface area contributed by atoms with Crippen LogP contribution in [0.1, 0.15) is 53.4 Å². The lowest BCUT2D eigenvalue weighted by molar-refractivity contribution is 0.200. The third-order valence-corrected chi connectivity index (χ3v) is 5.64. The summed E-state index contributed by atoms with van der Waals surface area (Å²) in [6.45, 7) is 9.15. The normalized spacial score (nSPS) is 60.7. The van der Waals surface area contributed by atoms with Crippen molar-refractivity contribution in [3.05, 3.63) is 0 Å². The van der Waals surface area contributed by atoms with Crippen molar-refractivity contribution in [2.45, 2.75) is 89.0 Å². The first kappa shape index (κ1) is 11.7. The van der Waals surface area contributed by atoms with Crippen LogP contribution < -0.4 is 0 Å². The Balaban J connectivity index is 1.56. The molecule has 0 bridgehead atoms. The first-order chi connectivity index (χ1) is 8.32. The quantitative estimate of drug-likeness (QED) is 0.622. The van der Waals surface area contributed by atoms with Crippen molar-refractivity contribution in [1.29, 1.82) is 0 Å². The molecule has 1 aliphatic carbocycles. The summed E-state index contributed by atoms with van der Waals surface area (Å²) in [4.78, 5) is 0. The van der Waals surface area contributed by atoms with Gasteiger partial charge in [-0.2, -0.15) is 0 Å². The lowest BCUT2D eigenvalue weighted by atomic mass is 9.80. The van der Waals surface area contributed by atoms with Gasteiger partial charge in [0.1, 0.15) is 0 Å². The fourth-order valence-corrected chi connectivity index (χ4v) is 4.00. The lowest BCUT2D eigenvalue weighted by Crippen LogP contribution is -2.26. The van der Waals surface area contributed by atoms with Crippen LogP contribution in [0, 0.1) is 5.41 Å². The maximum absolute atomic E-state index is 5.97. The Morgan fingerprint density at radius 2 is 1.61 bits per heavy atom. The molecular formula is C15H24O3. The van der Waals surface area contributed by atoms with E-state index in [-0.39, 0.29) is 16.6 Å². The summed E-state index contributed by atoms with van der Waals surface area (Å²) in [5, 5.41) is 0. The second-order valence-electron chi connectivity index (χ2n) is 7.87. The molecule has 0 N–H and O–H groups in total. The Bertz CT molecular complexity index is 393. The summed E-state index contributed by atoms with van der Waals surface area (Å²) in [6.07, 6.45) is 6.18. The largest absolute Gasteiger partial charge is 0.369 e. The average Bonchev–Trinajstić information content (AvgIpc) is 3.14. The Hall–Kier alpha value is -0.120. The van der Waals surface area contributed by atoms with Crippen LogP contribution in [-0.4, -0.2) is 35.6 Å². The highest BCUT2D eigenvalue weighted by Gasteiger charge is 2.64. The lowest BCUT2D eigenvalue weighted by Gasteiger charge is -2.22. The van der Waals surface area contributed by atoms with Gasteiger partial charge in [0.2, 0.25) is 0 Å². The molecule has 4 fully saturated rings. The maximum atomic E-state index is 5.97. The van der Waals surface area contributed by atoms with E-state index in [4.69, 9.17) is 14.2 Å². The minimum Gasteiger partial charge on any atom is -0.369 e. The molecule has 0 aromatic heterocycles. The molecule has 0 unspecified atom stereocenters. The molecule has 3 heterocycles. The van der Waals surface area contributed by atoms with E-state index in [2.05, 4.69) is 27.7 Å². The van der Waals surface area contributed by atoms with Gasteiger partial charge in [0, 0.05) is 6.42 Å². The minimum absolute atomic E-state index is 0.0839. The molecule has 18 heavy (non-hydrogen) atoms. The number of epoxide rings is 3. The number of hydrogen-bond donors (Lipinski definition) is 0. The van der Waals surface area contributed by atoms with E-state index in [1.54, 1.807) is 0 Å². The summed E-state index contributed by atoms with van der Waals surface area (Å²) in [5.74, 6) is 0. The van der Waals surface area contributed by atoms with Crippen LogP contribution in [0.2, 0.25) is 0 Å². The predicted octanol–water partition coefficient (Wildman–Crippen LogP) is 2.67. The number of rotatable bonds is 0. The van der Waals surface area contributed by atoms with Gasteiger partial charge in [-0.05, 0) is 38.5 Å². The Labute approximate surface area is 109 Å². The van der Waals surface area contributed by atoms with Gasteiger partial charge in [-0.15, -0.1) is 0 Å². The van der Waals surface area contributed by atoms with Crippen LogP contribution in [0.4, 0.5) is 0 Å². The van der Waals surface area contributed by atoms with Gasteiger partial charge in [-0.3, -0.25) is 0 Å². The van der Waals surface area contributed by atoms with Crippen molar-refractivity contribution in [3.8, 4) is 0 Å². The monoisotopic (exact) mass is 252 g/mol. The third-order valence-electron chi connectivity index (χ3n) is 5.64. The van der Waals surface area contributed by atoms with Crippen molar-refractivity contribution < 1.29 is 14.2 Å². The highest BCUT2D eigenvalue weighted by atomic mass is 16.6. The SMILES string of the molecule is CC1(C)C[C@H]2O[C@]2(C)CC[C@H]2O[C@]2(C)C[C@H]2O[C@@H]21. The Morgan fingerprint density at radius 3 is 2.39 bits per heavy atom. The maximum Gasteiger partial charge on any atom is 0.0946 e. The van der Waals surface area contributed by atoms with Crippen LogP contribution >= 0.6 is 0 Å². The molecule has 102 valence electrons. The summed E-state index contributed by atoms with van der Waals surface area (Å²) < 4.78 is 17.8. The van der Waals surface area contributed by atoms with Crippen molar-refractivity contribution in [3.63, 3.8) is 0 Å². The number of ether oxygens (including phenoxy) is 3. The summed E-state index contributed by atoms with van der Waals surface area (Å²) in [6, 6.07) is 0. The van der Waals surface area contributed by atoms with E-state index < -0.39 is 0 Å². The molecular weight excluding hydrogens is 228 g/mol. The van der Waals surface area contributed by atoms with Crippen LogP contribution in [0.25, 0.3) is 0 Å². The van der Waals surface area contributed by atoms with Crippen molar-refractivity contribution in [2.24, 2.45) is 5.41 Å². The molecule has 0 amide bonds. The molecule has 4 rings (SSSR count). The van der Waals surface area contributed by atoms with Gasteiger partial charge in [-0.25, -0.2) is 0 Å². The van der Waals surface area contributed by atoms with E-state index >= 15 is 0 Å². The second kappa shape index (κ2) is 3.13. The van der Waals surface area contributed by atoms with E-state index in [9.17, 15) is 0 Å². The molecule has 3 heteroatoms. The zero-order valence-electron chi connectivity index (χ0n) is 11.9. The van der Waals surface area contributed by atoms with Gasteiger partial charge >= 0.3 is 0 Å². The van der Waals surface area contributed by atoms with Crippen molar-refractivity contribution in [1.82, 2.24) is 0 Å². The number of hydrogen-bond acceptors (Lipinski definition) is 3. The first-order valence-corrected chi connectivity index (χ1v) is 7.34. The van der Waals surface area contributed by atoms with Gasteiger partial charge in [0.05, 0.1) is 35.6 Å². The summed E-state index contributed by atoms with van der Waals surface area (Å²) >= 11 is 0. The van der Waals surface area contributed by atoms with Gasteiger partial charge in [0.25, 0.3) is 0 Å². The van der Waals surface area contributed by atoms with Crippen molar-refractivity contribution in [2.75, 3.05) is 0 Å². The fraction of sp³-hybridized carbons (Fsp3) is 1.00. The molecule has 3 aliphatic heterocycles. The van der Waals surface area contributed by atoms with E-state index in [0.717, 1.165) is 25.7 Å². The summed E-state index contributed by atoms with van der Waals surface area (Å²) in [7, 11) is 0. The average molecular weight is 252 g/mol. The molecule has 0 spiro atoms. The number of fused-ring (bicyclic) bond motifs is 3. The van der Waals surface area contributed by atoms with Crippen LogP contribution in [0.15, 0.2) is 0 Å². The van der Waals surface area contributed by atoms with Gasteiger partial charge in [0.15, 0.2) is 0 Å². The smallest absolute Gasteiger partial charge is 0.0946 e. The van der Waals surface area contributed by atoms with E-state index in [0.29, 0.717) is 24.4 Å². The minimum atomic E-state index is 0.0839. The van der Waals surface area contributed by atoms with E-state index in [1.807, 2.05) is 0 Å². The molecule has 0 aromatic rings. The van der Waals surface area contributed by atoms with Gasteiger partial charge < -0.3 is 14.2 Å². The Morgan fingerprint density at radius 1 is 0.889 bits per heavy atom. The highest BCUT2D eigenvalue weighted by Crippen LogP contribution is 2.56. The standard InChI is InChI=1S/C15H24O3/c1-13(2)8-11-14(3,18-11)6-5-10-15(4,17-10)7-9-12(13)16-9/h9-12H,5-8H2,1-4H3/t9-,10-,11-,12+,14-,15-/m1/s1. The Kier molecular flexibility index (Phi) is 2.03. The van der Waals surface area contributed by atoms with Crippen molar-refractivity contribution >= 4 is 0 Å². The molecule has 4 aliphatic rings. The predicted molar refractivity (Wildman–Crippen MR) is 67.5 cm³/mol. The third kappa shape index (κ3) is 1.67. The molecule has 0 aromatic carbocycles. The molecule has 0 radical (unpaired) electrons. The topological polar surface area (TPSA) is 37.6 Å². The van der Waals surface area contributed by atoms with Crippen LogP contribution in [0.3, 0.4) is 0 Å². The highest BCUT2D eigenvalue weighted by molar-refractivity contribution is 5.12.